The van der Waals surface area contributed by atoms with Crippen molar-refractivity contribution in [3.05, 3.63) is 119 Å². The molecule has 2 amide bonds. The van der Waals surface area contributed by atoms with E-state index in [1.807, 2.05) is 0 Å². The van der Waals surface area contributed by atoms with Crippen molar-refractivity contribution in [2.24, 2.45) is 0 Å². The van der Waals surface area contributed by atoms with Crippen LogP contribution in [-0.4, -0.2) is 50.5 Å². The van der Waals surface area contributed by atoms with Crippen LogP contribution in [0, 0.1) is 11.6 Å². The van der Waals surface area contributed by atoms with Gasteiger partial charge in [0, 0.05) is 53.2 Å². The highest BCUT2D eigenvalue weighted by Crippen LogP contribution is 2.34. The summed E-state index contributed by atoms with van der Waals surface area (Å²) in [5.74, 6) is -2.20. The second kappa shape index (κ2) is 15.0. The van der Waals surface area contributed by atoms with Gasteiger partial charge in [-0.3, -0.25) is 9.59 Å². The quantitative estimate of drug-likeness (QED) is 0.0853. The molecule has 3 heterocycles. The average molecular weight is 792 g/mol. The van der Waals surface area contributed by atoms with Gasteiger partial charge in [-0.05, 0) is 73.9 Å². The monoisotopic (exact) mass is 791 g/mol. The van der Waals surface area contributed by atoms with Crippen molar-refractivity contribution in [1.29, 1.82) is 0 Å². The van der Waals surface area contributed by atoms with Gasteiger partial charge in [0.05, 0.1) is 27.9 Å². The first-order valence-corrected chi connectivity index (χ1v) is 18.4. The molecule has 7 aromatic rings. The van der Waals surface area contributed by atoms with Crippen molar-refractivity contribution in [2.45, 2.75) is 57.0 Å². The number of nitrogens with one attached hydrogen (secondary N) is 3. The molecule has 2 aliphatic carbocycles. The molecule has 2 aliphatic rings. The zero-order chi connectivity index (χ0) is 39.9. The fourth-order valence-corrected chi connectivity index (χ4v) is 6.69. The second-order valence-corrected chi connectivity index (χ2v) is 14.1. The Morgan fingerprint density at radius 3 is 1.98 bits per heavy atom. The molecule has 58 heavy (non-hydrogen) atoms. The first-order valence-electron chi connectivity index (χ1n) is 18.4. The van der Waals surface area contributed by atoms with E-state index in [0.29, 0.717) is 46.5 Å². The van der Waals surface area contributed by atoms with Crippen LogP contribution in [0.3, 0.4) is 0 Å². The first kappa shape index (κ1) is 36.3. The number of carbonyl (C=O) groups is 3. The molecule has 17 heteroatoms. The van der Waals surface area contributed by atoms with E-state index in [-0.39, 0.29) is 64.3 Å². The van der Waals surface area contributed by atoms with Crippen LogP contribution >= 0.6 is 0 Å². The summed E-state index contributed by atoms with van der Waals surface area (Å²) in [5, 5.41) is 26.9. The molecule has 4 aromatic carbocycles. The highest BCUT2D eigenvalue weighted by atomic mass is 19.1. The number of rotatable bonds is 13. The molecule has 3 aromatic heterocycles. The Bertz CT molecular complexity index is 2720. The molecule has 0 spiro atoms. The number of halogens is 2. The minimum Gasteiger partial charge on any atom is -0.487 e. The predicted octanol–water partition coefficient (Wildman–Crippen LogP) is 7.36. The number of fused-ring (bicyclic) bond motifs is 2. The second-order valence-electron chi connectivity index (χ2n) is 14.1. The maximum atomic E-state index is 15.0. The number of nitrogens with zero attached hydrogens (tertiary/aromatic N) is 3. The zero-order valence-electron chi connectivity index (χ0n) is 30.4. The highest BCUT2D eigenvalue weighted by Gasteiger charge is 2.39. The summed E-state index contributed by atoms with van der Waals surface area (Å²) < 4.78 is 58.0. The Labute approximate surface area is 326 Å². The molecule has 294 valence electrons. The predicted molar refractivity (Wildman–Crippen MR) is 200 cm³/mol. The number of aromatic carboxylic acids is 1. The Kier molecular flexibility index (Phi) is 9.39. The Morgan fingerprint density at radius 2 is 1.40 bits per heavy atom. The smallest absolute Gasteiger partial charge is 0.335 e. The summed E-state index contributed by atoms with van der Waals surface area (Å²) >= 11 is 0. The number of hydrogen-bond donors (Lipinski definition) is 4. The van der Waals surface area contributed by atoms with Crippen LogP contribution in [0.5, 0.6) is 17.2 Å². The van der Waals surface area contributed by atoms with E-state index in [9.17, 15) is 23.9 Å². The molecule has 15 nitrogen and oxygen atoms in total. The number of furan rings is 2. The van der Waals surface area contributed by atoms with Crippen LogP contribution in [0.15, 0.2) is 94.2 Å². The molecule has 0 radical (unpaired) electrons. The zero-order valence-corrected chi connectivity index (χ0v) is 30.4. The molecule has 0 bridgehead atoms. The molecule has 0 aliphatic heterocycles. The van der Waals surface area contributed by atoms with Crippen LogP contribution in [0.25, 0.3) is 21.9 Å². The minimum atomic E-state index is -1.12. The van der Waals surface area contributed by atoms with Gasteiger partial charge < -0.3 is 38.8 Å². The van der Waals surface area contributed by atoms with E-state index in [2.05, 4.69) is 26.0 Å². The number of benzene rings is 4. The van der Waals surface area contributed by atoms with Crippen molar-refractivity contribution in [1.82, 2.24) is 15.4 Å². The van der Waals surface area contributed by atoms with Crippen LogP contribution in [0.1, 0.15) is 75.0 Å². The number of anilines is 2. The number of aromatic nitrogens is 4. The minimum absolute atomic E-state index is 0.0236. The molecule has 9 rings (SSSR count). The highest BCUT2D eigenvalue weighted by molar-refractivity contribution is 6.13. The number of ether oxygens (including phenoxy) is 3. The lowest BCUT2D eigenvalue weighted by Crippen LogP contribution is -2.53. The van der Waals surface area contributed by atoms with Crippen LogP contribution in [0.4, 0.5) is 20.2 Å². The average Bonchev–Trinajstić information content (AvgIpc) is 3.93. The first-order chi connectivity index (χ1) is 28.1. The number of carboxylic acid groups (broad SMARTS) is 1. The van der Waals surface area contributed by atoms with Crippen molar-refractivity contribution in [2.75, 3.05) is 10.6 Å². The fourth-order valence-electron chi connectivity index (χ4n) is 6.69. The number of hydrogen-bond acceptors (Lipinski definition) is 10. The summed E-state index contributed by atoms with van der Waals surface area (Å²) in [4.78, 5) is 38.7. The SMILES string of the molecule is O=C(O)c1ccc2c(C(=O)Nc3ccc(OC4CC([n+]5nnc(COc6ccc7c(C(=O)Nc8ccc(OC9CCC9)c(F)c8)coc7c6)[nH]5)C4)c(F)c3)coc2c1. The fraction of sp³-hybridized carbons (Fsp3) is 0.220. The molecule has 2 fully saturated rings. The van der Waals surface area contributed by atoms with E-state index >= 15 is 4.39 Å². The summed E-state index contributed by atoms with van der Waals surface area (Å²) in [6.07, 6.45) is 6.27. The topological polar surface area (TPSA) is 195 Å². The molecule has 4 N–H and O–H groups in total. The Hall–Kier alpha value is -7.30. The van der Waals surface area contributed by atoms with Gasteiger partial charge in [0.25, 0.3) is 11.8 Å². The Morgan fingerprint density at radius 1 is 0.793 bits per heavy atom. The van der Waals surface area contributed by atoms with Crippen LogP contribution < -0.4 is 29.6 Å². The van der Waals surface area contributed by atoms with E-state index in [1.54, 1.807) is 29.1 Å². The van der Waals surface area contributed by atoms with Gasteiger partial charge in [-0.25, -0.2) is 13.6 Å². The third kappa shape index (κ3) is 7.36. The van der Waals surface area contributed by atoms with Gasteiger partial charge in [-0.15, -0.1) is 0 Å². The van der Waals surface area contributed by atoms with Crippen molar-refractivity contribution in [3.8, 4) is 17.2 Å². The van der Waals surface area contributed by atoms with Crippen molar-refractivity contribution in [3.63, 3.8) is 0 Å². The summed E-state index contributed by atoms with van der Waals surface area (Å²) in [6.45, 7) is 0.0643. The maximum Gasteiger partial charge on any atom is 0.335 e. The summed E-state index contributed by atoms with van der Waals surface area (Å²) in [5.41, 5.74) is 1.63. The standard InChI is InChI=1S/C41H32F2N6O9/c42-32-13-22(5-10-34(32)57-25-2-1-3-25)45-40(51)31-19-56-37-17-26(7-9-29(31)37)54-20-38-46-48-49(47-38)24-15-27(16-24)58-35-11-6-23(14-33(35)43)44-39(50)30-18-55-36-12-21(41(52)53)4-8-28(30)36/h4-14,17-19,24-25,27H,1-3,15-16,20H2,(H3,44,45,50,51,52,53)/p+1. The Balaban J connectivity index is 0.745. The number of amides is 2. The van der Waals surface area contributed by atoms with Gasteiger partial charge in [0.15, 0.2) is 41.0 Å². The lowest BCUT2D eigenvalue weighted by Gasteiger charge is -2.31. The van der Waals surface area contributed by atoms with Gasteiger partial charge in [0.1, 0.15) is 35.5 Å². The third-order valence-electron chi connectivity index (χ3n) is 10.2. The largest absolute Gasteiger partial charge is 0.487 e. The van der Waals surface area contributed by atoms with Gasteiger partial charge in [-0.1, -0.05) is 4.80 Å². The van der Waals surface area contributed by atoms with Crippen molar-refractivity contribution < 1.29 is 56.1 Å². The van der Waals surface area contributed by atoms with Crippen molar-refractivity contribution >= 4 is 51.1 Å². The lowest BCUT2D eigenvalue weighted by atomic mass is 9.90. The number of aromatic amines is 1. The van der Waals surface area contributed by atoms with Gasteiger partial charge in [0.2, 0.25) is 0 Å². The molecule has 2 saturated carbocycles. The number of carboxylic acids is 1. The molecule has 0 unspecified atom stereocenters. The molecule has 0 saturated heterocycles. The van der Waals surface area contributed by atoms with Gasteiger partial charge in [-0.2, -0.15) is 5.10 Å². The lowest BCUT2D eigenvalue weighted by molar-refractivity contribution is -0.836. The van der Waals surface area contributed by atoms with E-state index in [1.165, 1.54) is 55.0 Å². The van der Waals surface area contributed by atoms with E-state index in [0.717, 1.165) is 25.3 Å². The van der Waals surface area contributed by atoms with Gasteiger partial charge >= 0.3 is 11.8 Å². The number of carbonyl (C=O) groups excluding carboxylic acids is 2. The van der Waals surface area contributed by atoms with Crippen LogP contribution in [-0.2, 0) is 6.61 Å². The summed E-state index contributed by atoms with van der Waals surface area (Å²) in [7, 11) is 0. The third-order valence-corrected chi connectivity index (χ3v) is 10.2. The number of H-pyrrole nitrogens is 1. The van der Waals surface area contributed by atoms with Crippen LogP contribution in [0.2, 0.25) is 0 Å². The molecular formula is C41H33F2N6O9+. The summed E-state index contributed by atoms with van der Waals surface area (Å²) in [6, 6.07) is 17.6. The molecule has 0 atom stereocenters. The molecular weight excluding hydrogens is 758 g/mol. The number of tetrazole rings is 1. The maximum absolute atomic E-state index is 15.0. The van der Waals surface area contributed by atoms with E-state index < -0.39 is 29.4 Å². The normalized spacial score (nSPS) is 16.4. The van der Waals surface area contributed by atoms with E-state index in [4.69, 9.17) is 23.0 Å².